The quantitative estimate of drug-likeness (QED) is 0.631. The molecule has 0 aliphatic carbocycles. The first-order chi connectivity index (χ1) is 14.2. The van der Waals surface area contributed by atoms with Gasteiger partial charge in [0.25, 0.3) is 0 Å². The minimum Gasteiger partial charge on any atom is -0.494 e. The fraction of sp³-hybridized carbons (Fsp3) is 0.409. The number of piperidine rings is 1. The van der Waals surface area contributed by atoms with E-state index in [1.807, 2.05) is 18.3 Å². The maximum Gasteiger partial charge on any atom is 0.167 e. The molecule has 0 spiro atoms. The first-order valence-electron chi connectivity index (χ1n) is 10.1. The van der Waals surface area contributed by atoms with Crippen molar-refractivity contribution in [3.8, 4) is 5.75 Å². The van der Waals surface area contributed by atoms with Crippen LogP contribution in [0.15, 0.2) is 42.9 Å². The zero-order valence-corrected chi connectivity index (χ0v) is 16.9. The molecule has 6 nitrogen and oxygen atoms in total. The first-order valence-corrected chi connectivity index (χ1v) is 10.1. The molecule has 152 valence electrons. The highest BCUT2D eigenvalue weighted by atomic mass is 19.1. The molecule has 2 aromatic heterocycles. The van der Waals surface area contributed by atoms with Gasteiger partial charge in [0.15, 0.2) is 11.6 Å². The number of aromatic nitrogens is 3. The third-order valence-corrected chi connectivity index (χ3v) is 5.64. The van der Waals surface area contributed by atoms with Gasteiger partial charge < -0.3 is 14.5 Å². The largest absolute Gasteiger partial charge is 0.494 e. The van der Waals surface area contributed by atoms with Crippen LogP contribution in [0, 0.1) is 11.7 Å². The SMILES string of the molecule is CCN(CC1CCN(c2ccccn2)CC1)c1ncnc2cc(F)c(OC)cc12. The number of fused-ring (bicyclic) bond motifs is 1. The number of pyridine rings is 1. The highest BCUT2D eigenvalue weighted by Crippen LogP contribution is 2.31. The predicted molar refractivity (Wildman–Crippen MR) is 113 cm³/mol. The molecule has 0 unspecified atom stereocenters. The number of nitrogens with zero attached hydrogens (tertiary/aromatic N) is 5. The summed E-state index contributed by atoms with van der Waals surface area (Å²) in [5.41, 5.74) is 0.594. The fourth-order valence-electron chi connectivity index (χ4n) is 4.01. The number of ether oxygens (including phenoxy) is 1. The van der Waals surface area contributed by atoms with E-state index in [2.05, 4.69) is 37.7 Å². The van der Waals surface area contributed by atoms with Gasteiger partial charge in [-0.3, -0.25) is 0 Å². The molecule has 1 aliphatic heterocycles. The number of halogens is 1. The Balaban J connectivity index is 1.50. The Labute approximate surface area is 170 Å². The zero-order chi connectivity index (χ0) is 20.2. The van der Waals surface area contributed by atoms with Crippen molar-refractivity contribution in [1.29, 1.82) is 0 Å². The molecule has 7 heteroatoms. The van der Waals surface area contributed by atoms with Gasteiger partial charge in [0.2, 0.25) is 0 Å². The van der Waals surface area contributed by atoms with E-state index in [9.17, 15) is 4.39 Å². The average Bonchev–Trinajstić information content (AvgIpc) is 2.77. The lowest BCUT2D eigenvalue weighted by Gasteiger charge is -2.35. The highest BCUT2D eigenvalue weighted by Gasteiger charge is 2.23. The minimum absolute atomic E-state index is 0.216. The van der Waals surface area contributed by atoms with Crippen LogP contribution in [0.5, 0.6) is 5.75 Å². The molecule has 0 bridgehead atoms. The number of methoxy groups -OCH3 is 1. The lowest BCUT2D eigenvalue weighted by atomic mass is 9.96. The molecule has 0 amide bonds. The topological polar surface area (TPSA) is 54.4 Å². The van der Waals surface area contributed by atoms with Crippen molar-refractivity contribution in [2.45, 2.75) is 19.8 Å². The third kappa shape index (κ3) is 4.09. The van der Waals surface area contributed by atoms with E-state index in [-0.39, 0.29) is 5.75 Å². The van der Waals surface area contributed by atoms with Crippen LogP contribution in [-0.2, 0) is 0 Å². The van der Waals surface area contributed by atoms with E-state index in [0.717, 1.165) is 56.0 Å². The lowest BCUT2D eigenvalue weighted by Crippen LogP contribution is -2.39. The summed E-state index contributed by atoms with van der Waals surface area (Å²) >= 11 is 0. The van der Waals surface area contributed by atoms with E-state index >= 15 is 0 Å². The van der Waals surface area contributed by atoms with Gasteiger partial charge >= 0.3 is 0 Å². The molecule has 1 fully saturated rings. The van der Waals surface area contributed by atoms with Crippen molar-refractivity contribution >= 4 is 22.5 Å². The molecule has 3 heterocycles. The van der Waals surface area contributed by atoms with Gasteiger partial charge in [0, 0.05) is 43.8 Å². The molecular weight excluding hydrogens is 369 g/mol. The van der Waals surface area contributed by atoms with Gasteiger partial charge in [0.05, 0.1) is 12.6 Å². The van der Waals surface area contributed by atoms with Crippen molar-refractivity contribution in [1.82, 2.24) is 15.0 Å². The van der Waals surface area contributed by atoms with E-state index in [0.29, 0.717) is 11.4 Å². The third-order valence-electron chi connectivity index (χ3n) is 5.64. The Hall–Kier alpha value is -2.96. The van der Waals surface area contributed by atoms with Crippen LogP contribution in [0.3, 0.4) is 0 Å². The van der Waals surface area contributed by atoms with Crippen molar-refractivity contribution < 1.29 is 9.13 Å². The summed E-state index contributed by atoms with van der Waals surface area (Å²) in [5.74, 6) is 2.27. The van der Waals surface area contributed by atoms with Crippen molar-refractivity contribution in [3.05, 3.63) is 48.7 Å². The Bertz CT molecular complexity index is 960. The molecule has 0 atom stereocenters. The summed E-state index contributed by atoms with van der Waals surface area (Å²) in [6.07, 6.45) is 5.57. The van der Waals surface area contributed by atoms with Crippen LogP contribution in [-0.4, -0.2) is 48.2 Å². The smallest absolute Gasteiger partial charge is 0.167 e. The number of benzene rings is 1. The number of hydrogen-bond donors (Lipinski definition) is 0. The summed E-state index contributed by atoms with van der Waals surface area (Å²) in [7, 11) is 1.47. The standard InChI is InChI=1S/C22H26FN5O/c1-3-27(14-16-7-10-28(11-8-16)21-6-4-5-9-24-21)22-17-12-20(29-2)18(23)13-19(17)25-15-26-22/h4-6,9,12-13,15-16H,3,7-8,10-11,14H2,1-2H3. The van der Waals surface area contributed by atoms with E-state index in [1.54, 1.807) is 6.07 Å². The Morgan fingerprint density at radius 2 is 2.00 bits per heavy atom. The van der Waals surface area contributed by atoms with Crippen LogP contribution in [0.25, 0.3) is 10.9 Å². The summed E-state index contributed by atoms with van der Waals surface area (Å²) in [6, 6.07) is 9.16. The van der Waals surface area contributed by atoms with Crippen LogP contribution >= 0.6 is 0 Å². The Morgan fingerprint density at radius 1 is 1.17 bits per heavy atom. The molecule has 0 N–H and O–H groups in total. The van der Waals surface area contributed by atoms with E-state index in [4.69, 9.17) is 4.74 Å². The number of hydrogen-bond acceptors (Lipinski definition) is 6. The first kappa shape index (κ1) is 19.4. The highest BCUT2D eigenvalue weighted by molar-refractivity contribution is 5.90. The average molecular weight is 395 g/mol. The minimum atomic E-state index is -0.408. The van der Waals surface area contributed by atoms with Gasteiger partial charge in [-0.05, 0) is 43.9 Å². The predicted octanol–water partition coefficient (Wildman–Crippen LogP) is 3.92. The van der Waals surface area contributed by atoms with Crippen molar-refractivity contribution in [3.63, 3.8) is 0 Å². The molecule has 1 saturated heterocycles. The summed E-state index contributed by atoms with van der Waals surface area (Å²) in [5, 5.41) is 0.818. The van der Waals surface area contributed by atoms with Gasteiger partial charge in [0.1, 0.15) is 18.0 Å². The second-order valence-corrected chi connectivity index (χ2v) is 7.36. The Morgan fingerprint density at radius 3 is 2.69 bits per heavy atom. The van der Waals surface area contributed by atoms with Crippen LogP contribution in [0.2, 0.25) is 0 Å². The zero-order valence-electron chi connectivity index (χ0n) is 16.9. The normalized spacial score (nSPS) is 14.9. The monoisotopic (exact) mass is 395 g/mol. The molecule has 3 aromatic rings. The van der Waals surface area contributed by atoms with Gasteiger partial charge in [-0.1, -0.05) is 6.07 Å². The summed E-state index contributed by atoms with van der Waals surface area (Å²) in [4.78, 5) is 17.8. The molecular formula is C22H26FN5O. The van der Waals surface area contributed by atoms with Crippen LogP contribution in [0.4, 0.5) is 16.0 Å². The number of anilines is 2. The maximum absolute atomic E-state index is 14.1. The Kier molecular flexibility index (Phi) is 5.74. The van der Waals surface area contributed by atoms with Gasteiger partial charge in [-0.15, -0.1) is 0 Å². The molecule has 1 aliphatic rings. The molecule has 4 rings (SSSR count). The molecule has 1 aromatic carbocycles. The summed E-state index contributed by atoms with van der Waals surface area (Å²) in [6.45, 7) is 5.87. The van der Waals surface area contributed by atoms with Crippen LogP contribution < -0.4 is 14.5 Å². The van der Waals surface area contributed by atoms with Crippen LogP contribution in [0.1, 0.15) is 19.8 Å². The number of rotatable bonds is 6. The summed E-state index contributed by atoms with van der Waals surface area (Å²) < 4.78 is 19.2. The van der Waals surface area contributed by atoms with E-state index in [1.165, 1.54) is 19.5 Å². The van der Waals surface area contributed by atoms with Gasteiger partial charge in [-0.25, -0.2) is 19.3 Å². The maximum atomic E-state index is 14.1. The lowest BCUT2D eigenvalue weighted by molar-refractivity contribution is 0.387. The molecule has 0 radical (unpaired) electrons. The molecule has 29 heavy (non-hydrogen) atoms. The van der Waals surface area contributed by atoms with Crippen molar-refractivity contribution in [2.75, 3.05) is 43.1 Å². The van der Waals surface area contributed by atoms with Gasteiger partial charge in [-0.2, -0.15) is 0 Å². The van der Waals surface area contributed by atoms with Crippen molar-refractivity contribution in [2.24, 2.45) is 5.92 Å². The second-order valence-electron chi connectivity index (χ2n) is 7.36. The fourth-order valence-corrected chi connectivity index (χ4v) is 4.01. The molecule has 0 saturated carbocycles. The van der Waals surface area contributed by atoms with E-state index < -0.39 is 5.82 Å². The second kappa shape index (κ2) is 8.59.